The zero-order valence-corrected chi connectivity index (χ0v) is 16.4. The summed E-state index contributed by atoms with van der Waals surface area (Å²) < 4.78 is 46.1. The van der Waals surface area contributed by atoms with Gasteiger partial charge in [0, 0.05) is 36.6 Å². The molecule has 1 fully saturated rings. The maximum absolute atomic E-state index is 13.6. The van der Waals surface area contributed by atoms with Crippen LogP contribution in [0.1, 0.15) is 27.0 Å². The SMILES string of the molecule is Cc1ccc(C(=O)Nc2ccc(CN3CCOCC3)c(C(F)(F)F)c2)cc1NC=O. The molecule has 0 radical (unpaired) electrons. The van der Waals surface area contributed by atoms with Crippen molar-refractivity contribution in [3.05, 3.63) is 58.7 Å². The van der Waals surface area contributed by atoms with E-state index in [1.165, 1.54) is 24.3 Å². The van der Waals surface area contributed by atoms with Gasteiger partial charge in [-0.25, -0.2) is 0 Å². The van der Waals surface area contributed by atoms with Crippen LogP contribution in [0.3, 0.4) is 0 Å². The molecule has 1 aliphatic heterocycles. The largest absolute Gasteiger partial charge is 0.416 e. The van der Waals surface area contributed by atoms with E-state index >= 15 is 0 Å². The Labute approximate surface area is 172 Å². The third kappa shape index (κ3) is 5.37. The van der Waals surface area contributed by atoms with Gasteiger partial charge in [-0.1, -0.05) is 12.1 Å². The Kier molecular flexibility index (Phi) is 6.73. The number of halogens is 3. The lowest BCUT2D eigenvalue weighted by Gasteiger charge is -2.27. The molecule has 2 aromatic carbocycles. The molecule has 1 saturated heterocycles. The number of alkyl halides is 3. The minimum Gasteiger partial charge on any atom is -0.379 e. The number of benzene rings is 2. The molecule has 3 rings (SSSR count). The van der Waals surface area contributed by atoms with Crippen LogP contribution in [0.4, 0.5) is 24.5 Å². The molecule has 2 N–H and O–H groups in total. The van der Waals surface area contributed by atoms with E-state index in [2.05, 4.69) is 10.6 Å². The number of hydrogen-bond donors (Lipinski definition) is 2. The molecule has 0 unspecified atom stereocenters. The van der Waals surface area contributed by atoms with E-state index in [1.807, 2.05) is 4.90 Å². The summed E-state index contributed by atoms with van der Waals surface area (Å²) in [5.74, 6) is -0.571. The van der Waals surface area contributed by atoms with Crippen LogP contribution in [-0.4, -0.2) is 43.5 Å². The van der Waals surface area contributed by atoms with Crippen LogP contribution in [0.15, 0.2) is 36.4 Å². The molecule has 1 heterocycles. The Bertz CT molecular complexity index is 925. The van der Waals surface area contributed by atoms with Gasteiger partial charge in [0.25, 0.3) is 5.91 Å². The second-order valence-electron chi connectivity index (χ2n) is 7.00. The minimum absolute atomic E-state index is 0.0449. The first-order valence-corrected chi connectivity index (χ1v) is 9.40. The van der Waals surface area contributed by atoms with Gasteiger partial charge in [-0.15, -0.1) is 0 Å². The van der Waals surface area contributed by atoms with Crippen molar-refractivity contribution < 1.29 is 27.5 Å². The number of amides is 2. The molecule has 1 aliphatic rings. The van der Waals surface area contributed by atoms with Gasteiger partial charge in [-0.3, -0.25) is 14.5 Å². The first-order valence-electron chi connectivity index (χ1n) is 9.40. The average molecular weight is 421 g/mol. The topological polar surface area (TPSA) is 70.7 Å². The Morgan fingerprint density at radius 2 is 1.90 bits per heavy atom. The van der Waals surface area contributed by atoms with E-state index in [-0.39, 0.29) is 23.4 Å². The Balaban J connectivity index is 1.81. The highest BCUT2D eigenvalue weighted by Crippen LogP contribution is 2.34. The van der Waals surface area contributed by atoms with Gasteiger partial charge in [0.15, 0.2) is 0 Å². The molecule has 0 aliphatic carbocycles. The maximum atomic E-state index is 13.6. The summed E-state index contributed by atoms with van der Waals surface area (Å²) in [5.41, 5.74) is 0.841. The zero-order valence-electron chi connectivity index (χ0n) is 16.4. The number of nitrogens with zero attached hydrogens (tertiary/aromatic N) is 1. The molecule has 0 aromatic heterocycles. The number of nitrogens with one attached hydrogen (secondary N) is 2. The molecule has 6 nitrogen and oxygen atoms in total. The number of carbonyl (C=O) groups is 2. The van der Waals surface area contributed by atoms with Crippen molar-refractivity contribution in [1.29, 1.82) is 0 Å². The van der Waals surface area contributed by atoms with Gasteiger partial charge in [-0.2, -0.15) is 13.2 Å². The standard InChI is InChI=1S/C21H22F3N3O3/c1-14-2-3-15(10-19(14)25-13-28)20(29)26-17-5-4-16(18(11-17)21(22,23)24)12-27-6-8-30-9-7-27/h2-5,10-11,13H,6-9,12H2,1H3,(H,25,28)(H,26,29). The van der Waals surface area contributed by atoms with Gasteiger partial charge in [-0.05, 0) is 42.3 Å². The maximum Gasteiger partial charge on any atom is 0.416 e. The van der Waals surface area contributed by atoms with Gasteiger partial charge >= 0.3 is 6.18 Å². The summed E-state index contributed by atoms with van der Waals surface area (Å²) in [6.45, 7) is 4.04. The van der Waals surface area contributed by atoms with Crippen LogP contribution in [0, 0.1) is 6.92 Å². The summed E-state index contributed by atoms with van der Waals surface area (Å²) in [4.78, 5) is 25.1. The van der Waals surface area contributed by atoms with Crippen molar-refractivity contribution in [2.75, 3.05) is 36.9 Å². The molecular weight excluding hydrogens is 399 g/mol. The lowest BCUT2D eigenvalue weighted by Crippen LogP contribution is -2.36. The zero-order chi connectivity index (χ0) is 21.7. The van der Waals surface area contributed by atoms with E-state index in [0.29, 0.717) is 38.4 Å². The second kappa shape index (κ2) is 9.27. The number of rotatable bonds is 6. The highest BCUT2D eigenvalue weighted by atomic mass is 19.4. The quantitative estimate of drug-likeness (QED) is 0.699. The van der Waals surface area contributed by atoms with Crippen LogP contribution in [0.25, 0.3) is 0 Å². The van der Waals surface area contributed by atoms with Gasteiger partial charge in [0.05, 0.1) is 18.8 Å². The van der Waals surface area contributed by atoms with E-state index in [9.17, 15) is 22.8 Å². The summed E-state index contributed by atoms with van der Waals surface area (Å²) in [5, 5.41) is 4.99. The normalized spacial score (nSPS) is 14.9. The minimum atomic E-state index is -4.55. The molecule has 30 heavy (non-hydrogen) atoms. The van der Waals surface area contributed by atoms with E-state index in [1.54, 1.807) is 13.0 Å². The van der Waals surface area contributed by atoms with Gasteiger partial charge in [0.1, 0.15) is 0 Å². The average Bonchev–Trinajstić information content (AvgIpc) is 2.71. The predicted molar refractivity (Wildman–Crippen MR) is 106 cm³/mol. The first-order chi connectivity index (χ1) is 14.3. The van der Waals surface area contributed by atoms with E-state index < -0.39 is 17.6 Å². The summed E-state index contributed by atoms with van der Waals surface area (Å²) in [7, 11) is 0. The number of hydrogen-bond acceptors (Lipinski definition) is 4. The number of carbonyl (C=O) groups excluding carboxylic acids is 2. The fourth-order valence-electron chi connectivity index (χ4n) is 3.24. The lowest BCUT2D eigenvalue weighted by atomic mass is 10.0. The molecule has 2 amide bonds. The third-order valence-corrected chi connectivity index (χ3v) is 4.88. The fourth-order valence-corrected chi connectivity index (χ4v) is 3.24. The summed E-state index contributed by atoms with van der Waals surface area (Å²) >= 11 is 0. The van der Waals surface area contributed by atoms with E-state index in [4.69, 9.17) is 4.74 Å². The Hall–Kier alpha value is -2.91. The number of anilines is 2. The Morgan fingerprint density at radius 3 is 2.57 bits per heavy atom. The van der Waals surface area contributed by atoms with Crippen molar-refractivity contribution in [3.63, 3.8) is 0 Å². The second-order valence-corrected chi connectivity index (χ2v) is 7.00. The predicted octanol–water partition coefficient (Wildman–Crippen LogP) is 3.67. The number of ether oxygens (including phenoxy) is 1. The molecule has 9 heteroatoms. The van der Waals surface area contributed by atoms with Crippen molar-refractivity contribution >= 4 is 23.7 Å². The monoisotopic (exact) mass is 421 g/mol. The smallest absolute Gasteiger partial charge is 0.379 e. The van der Waals surface area contributed by atoms with Crippen molar-refractivity contribution in [2.24, 2.45) is 0 Å². The van der Waals surface area contributed by atoms with Crippen LogP contribution in [0.2, 0.25) is 0 Å². The first kappa shape index (κ1) is 21.8. The number of morpholine rings is 1. The van der Waals surface area contributed by atoms with Crippen LogP contribution < -0.4 is 10.6 Å². The number of aryl methyl sites for hydroxylation is 1. The van der Waals surface area contributed by atoms with Crippen LogP contribution in [-0.2, 0) is 22.3 Å². The third-order valence-electron chi connectivity index (χ3n) is 4.88. The Morgan fingerprint density at radius 1 is 1.17 bits per heavy atom. The highest BCUT2D eigenvalue weighted by molar-refractivity contribution is 6.05. The molecule has 160 valence electrons. The van der Waals surface area contributed by atoms with Crippen molar-refractivity contribution in [1.82, 2.24) is 4.90 Å². The fraction of sp³-hybridized carbons (Fsp3) is 0.333. The molecule has 0 bridgehead atoms. The summed E-state index contributed by atoms with van der Waals surface area (Å²) in [6, 6.07) is 8.46. The lowest BCUT2D eigenvalue weighted by molar-refractivity contribution is -0.138. The van der Waals surface area contributed by atoms with E-state index in [0.717, 1.165) is 11.6 Å². The molecule has 0 saturated carbocycles. The van der Waals surface area contributed by atoms with Crippen molar-refractivity contribution in [2.45, 2.75) is 19.6 Å². The molecule has 0 spiro atoms. The molecular formula is C21H22F3N3O3. The van der Waals surface area contributed by atoms with Gasteiger partial charge in [0.2, 0.25) is 6.41 Å². The van der Waals surface area contributed by atoms with Crippen LogP contribution in [0.5, 0.6) is 0 Å². The van der Waals surface area contributed by atoms with Crippen molar-refractivity contribution in [3.8, 4) is 0 Å². The molecule has 0 atom stereocenters. The highest BCUT2D eigenvalue weighted by Gasteiger charge is 2.34. The van der Waals surface area contributed by atoms with Crippen LogP contribution >= 0.6 is 0 Å². The van der Waals surface area contributed by atoms with Gasteiger partial charge < -0.3 is 15.4 Å². The molecule has 2 aromatic rings. The summed E-state index contributed by atoms with van der Waals surface area (Å²) in [6.07, 6.45) is -4.06.